The molecule has 0 saturated carbocycles. The highest BCUT2D eigenvalue weighted by atomic mass is 19.1. The smallest absolute Gasteiger partial charge is 0.278 e. The number of nitrogens with two attached hydrogens (primary N) is 1. The number of amides is 1. The number of carbonyl (C=O) groups excluding carboxylic acids is 1. The minimum Gasteiger partial charge on any atom is -0.399 e. The van der Waals surface area contributed by atoms with Gasteiger partial charge in [0, 0.05) is 36.3 Å². The van der Waals surface area contributed by atoms with Crippen molar-refractivity contribution >= 4 is 17.4 Å². The van der Waals surface area contributed by atoms with Crippen LogP contribution in [0.1, 0.15) is 35.2 Å². The Morgan fingerprint density at radius 2 is 1.76 bits per heavy atom. The summed E-state index contributed by atoms with van der Waals surface area (Å²) in [4.78, 5) is 19.0. The van der Waals surface area contributed by atoms with E-state index in [0.29, 0.717) is 23.2 Å². The molecule has 5 heteroatoms. The molecule has 0 unspecified atom stereocenters. The second-order valence-electron chi connectivity index (χ2n) is 6.63. The van der Waals surface area contributed by atoms with E-state index in [9.17, 15) is 9.18 Å². The molecule has 0 aromatic heterocycles. The summed E-state index contributed by atoms with van der Waals surface area (Å²) in [6.45, 7) is 1.86. The maximum absolute atomic E-state index is 14.4. The van der Waals surface area contributed by atoms with Crippen LogP contribution >= 0.6 is 0 Å². The Balaban J connectivity index is 1.77. The van der Waals surface area contributed by atoms with E-state index < -0.39 is 0 Å². The van der Waals surface area contributed by atoms with Gasteiger partial charge in [0.15, 0.2) is 0 Å². The molecule has 4 rings (SSSR count). The summed E-state index contributed by atoms with van der Waals surface area (Å²) in [5.74, 6) is 0.197. The van der Waals surface area contributed by atoms with Gasteiger partial charge in [0.1, 0.15) is 11.7 Å². The lowest BCUT2D eigenvalue weighted by molar-refractivity contribution is 0.0997. The van der Waals surface area contributed by atoms with E-state index in [2.05, 4.69) is 9.89 Å². The number of benzene rings is 2. The van der Waals surface area contributed by atoms with Gasteiger partial charge in [-0.1, -0.05) is 12.1 Å². The van der Waals surface area contributed by atoms with E-state index in [-0.39, 0.29) is 11.7 Å². The van der Waals surface area contributed by atoms with Crippen molar-refractivity contribution in [1.29, 1.82) is 0 Å². The molecule has 2 aliphatic rings. The molecule has 1 amide bonds. The maximum Gasteiger partial charge on any atom is 0.278 e. The first-order valence-corrected chi connectivity index (χ1v) is 8.67. The highest BCUT2D eigenvalue weighted by molar-refractivity contribution is 6.10. The fraction of sp³-hybridized carbons (Fsp3) is 0.300. The number of nitrogens with zero attached hydrogens (tertiary/aromatic N) is 2. The van der Waals surface area contributed by atoms with Crippen LogP contribution < -0.4 is 5.73 Å². The summed E-state index contributed by atoms with van der Waals surface area (Å²) in [5, 5.41) is 0. The number of hydrogen-bond acceptors (Lipinski definition) is 3. The van der Waals surface area contributed by atoms with Crippen molar-refractivity contribution in [1.82, 2.24) is 4.90 Å². The standard InChI is InChI=1S/C20H20FN3O/c21-18-11-13(22)7-8-15(18)14-5-4-6-16-17(14)12-19(23-20(16)25)24-9-2-1-3-10-24/h4-8,11H,1-3,9-10,12,22H2. The van der Waals surface area contributed by atoms with Crippen LogP contribution in [0.4, 0.5) is 10.1 Å². The summed E-state index contributed by atoms with van der Waals surface area (Å²) in [6, 6.07) is 10.1. The van der Waals surface area contributed by atoms with Crippen LogP contribution in [0.15, 0.2) is 41.4 Å². The van der Waals surface area contributed by atoms with Gasteiger partial charge in [0.05, 0.1) is 0 Å². The molecule has 2 aliphatic heterocycles. The number of nitrogen functional groups attached to an aromatic ring is 1. The average Bonchev–Trinajstić information content (AvgIpc) is 2.62. The number of hydrogen-bond donors (Lipinski definition) is 1. The molecular formula is C20H20FN3O. The lowest BCUT2D eigenvalue weighted by Gasteiger charge is -2.32. The van der Waals surface area contributed by atoms with Crippen LogP contribution in [-0.2, 0) is 6.42 Å². The van der Waals surface area contributed by atoms with E-state index in [1.54, 1.807) is 24.3 Å². The number of piperidine rings is 1. The van der Waals surface area contributed by atoms with Gasteiger partial charge in [-0.05, 0) is 54.7 Å². The van der Waals surface area contributed by atoms with E-state index >= 15 is 0 Å². The first-order chi connectivity index (χ1) is 12.1. The predicted octanol–water partition coefficient (Wildman–Crippen LogP) is 3.66. The van der Waals surface area contributed by atoms with Crippen molar-refractivity contribution in [3.8, 4) is 11.1 Å². The zero-order chi connectivity index (χ0) is 17.4. The predicted molar refractivity (Wildman–Crippen MR) is 97.1 cm³/mol. The molecular weight excluding hydrogens is 317 g/mol. The first kappa shape index (κ1) is 15.8. The topological polar surface area (TPSA) is 58.7 Å². The second kappa shape index (κ2) is 6.31. The van der Waals surface area contributed by atoms with Crippen molar-refractivity contribution in [2.24, 2.45) is 4.99 Å². The van der Waals surface area contributed by atoms with Crippen LogP contribution in [0.25, 0.3) is 11.1 Å². The van der Waals surface area contributed by atoms with Gasteiger partial charge in [0.25, 0.3) is 5.91 Å². The molecule has 2 aromatic rings. The van der Waals surface area contributed by atoms with E-state index in [1.165, 1.54) is 12.5 Å². The van der Waals surface area contributed by atoms with Crippen molar-refractivity contribution < 1.29 is 9.18 Å². The number of amidine groups is 1. The van der Waals surface area contributed by atoms with Gasteiger partial charge in [-0.15, -0.1) is 0 Å². The minimum absolute atomic E-state index is 0.237. The molecule has 1 saturated heterocycles. The van der Waals surface area contributed by atoms with Gasteiger partial charge in [-0.3, -0.25) is 4.79 Å². The van der Waals surface area contributed by atoms with Crippen molar-refractivity contribution in [2.45, 2.75) is 25.7 Å². The van der Waals surface area contributed by atoms with E-state index in [1.807, 2.05) is 6.07 Å². The van der Waals surface area contributed by atoms with Gasteiger partial charge in [-0.25, -0.2) is 4.39 Å². The van der Waals surface area contributed by atoms with Gasteiger partial charge >= 0.3 is 0 Å². The van der Waals surface area contributed by atoms with Gasteiger partial charge < -0.3 is 10.6 Å². The Morgan fingerprint density at radius 3 is 2.52 bits per heavy atom. The van der Waals surface area contributed by atoms with E-state index in [4.69, 9.17) is 5.73 Å². The van der Waals surface area contributed by atoms with Gasteiger partial charge in [-0.2, -0.15) is 4.99 Å². The molecule has 0 aliphatic carbocycles. The fourth-order valence-corrected chi connectivity index (χ4v) is 3.69. The van der Waals surface area contributed by atoms with Crippen molar-refractivity contribution in [3.63, 3.8) is 0 Å². The molecule has 0 spiro atoms. The maximum atomic E-state index is 14.4. The number of carbonyl (C=O) groups is 1. The van der Waals surface area contributed by atoms with E-state index in [0.717, 1.165) is 42.9 Å². The molecule has 0 radical (unpaired) electrons. The molecule has 0 bridgehead atoms. The Bertz CT molecular complexity index is 869. The molecule has 0 atom stereocenters. The fourth-order valence-electron chi connectivity index (χ4n) is 3.69. The van der Waals surface area contributed by atoms with Crippen LogP contribution in [0.5, 0.6) is 0 Å². The minimum atomic E-state index is -0.372. The monoisotopic (exact) mass is 337 g/mol. The normalized spacial score (nSPS) is 17.2. The summed E-state index contributed by atoms with van der Waals surface area (Å²) in [6.07, 6.45) is 4.01. The highest BCUT2D eigenvalue weighted by Crippen LogP contribution is 2.32. The lowest BCUT2D eigenvalue weighted by atomic mass is 9.90. The largest absolute Gasteiger partial charge is 0.399 e. The van der Waals surface area contributed by atoms with Crippen molar-refractivity contribution in [3.05, 3.63) is 53.3 Å². The third kappa shape index (κ3) is 2.90. The average molecular weight is 337 g/mol. The third-order valence-corrected chi connectivity index (χ3v) is 4.98. The Kier molecular flexibility index (Phi) is 3.99. The zero-order valence-corrected chi connectivity index (χ0v) is 14.0. The lowest BCUT2D eigenvalue weighted by Crippen LogP contribution is -2.39. The Hall–Kier alpha value is -2.69. The highest BCUT2D eigenvalue weighted by Gasteiger charge is 2.26. The molecule has 128 valence electrons. The molecule has 4 nitrogen and oxygen atoms in total. The molecule has 1 fully saturated rings. The number of aliphatic imine (C=N–C) groups is 1. The van der Waals surface area contributed by atoms with Crippen molar-refractivity contribution in [2.75, 3.05) is 18.8 Å². The third-order valence-electron chi connectivity index (χ3n) is 4.98. The van der Waals surface area contributed by atoms with Crippen LogP contribution in [0.3, 0.4) is 0 Å². The molecule has 2 heterocycles. The van der Waals surface area contributed by atoms with Crippen LogP contribution in [-0.4, -0.2) is 29.7 Å². The zero-order valence-electron chi connectivity index (χ0n) is 14.0. The summed E-state index contributed by atoms with van der Waals surface area (Å²) in [7, 11) is 0. The van der Waals surface area contributed by atoms with Crippen LogP contribution in [0.2, 0.25) is 0 Å². The number of anilines is 1. The number of likely N-dealkylation sites (tertiary alicyclic amines) is 1. The number of halogens is 1. The molecule has 25 heavy (non-hydrogen) atoms. The summed E-state index contributed by atoms with van der Waals surface area (Å²) in [5.41, 5.74) is 8.68. The van der Waals surface area contributed by atoms with Crippen LogP contribution in [0, 0.1) is 5.82 Å². The van der Waals surface area contributed by atoms with Gasteiger partial charge in [0.2, 0.25) is 0 Å². The number of fused-ring (bicyclic) bond motifs is 1. The SMILES string of the molecule is Nc1ccc(-c2cccc3c2CC(N2CCCCC2)=NC3=O)c(F)c1. The summed E-state index contributed by atoms with van der Waals surface area (Å²) < 4.78 is 14.4. The quantitative estimate of drug-likeness (QED) is 0.808. The molecule has 2 aromatic carbocycles. The second-order valence-corrected chi connectivity index (χ2v) is 6.63. The Morgan fingerprint density at radius 1 is 1.00 bits per heavy atom. The molecule has 2 N–H and O–H groups in total. The summed E-state index contributed by atoms with van der Waals surface area (Å²) >= 11 is 0. The first-order valence-electron chi connectivity index (χ1n) is 8.67. The number of rotatable bonds is 1. The Labute approximate surface area is 146 Å².